The summed E-state index contributed by atoms with van der Waals surface area (Å²) in [5, 5.41) is 3.67. The molecule has 0 amide bonds. The summed E-state index contributed by atoms with van der Waals surface area (Å²) in [6.45, 7) is 5.85. The first kappa shape index (κ1) is 14.4. The zero-order chi connectivity index (χ0) is 13.7. The molecule has 0 aliphatic heterocycles. The van der Waals surface area contributed by atoms with Crippen LogP contribution < -0.4 is 10.1 Å². The van der Waals surface area contributed by atoms with Crippen LogP contribution in [0.25, 0.3) is 0 Å². The van der Waals surface area contributed by atoms with Crippen molar-refractivity contribution in [3.05, 3.63) is 29.8 Å². The molecule has 0 spiro atoms. The van der Waals surface area contributed by atoms with E-state index in [0.717, 1.165) is 24.0 Å². The summed E-state index contributed by atoms with van der Waals surface area (Å²) in [5.41, 5.74) is 1.39. The molecule has 1 aliphatic rings. The van der Waals surface area contributed by atoms with Crippen LogP contribution in [0.3, 0.4) is 0 Å². The van der Waals surface area contributed by atoms with E-state index in [4.69, 9.17) is 4.74 Å². The third kappa shape index (κ3) is 4.87. The van der Waals surface area contributed by atoms with Gasteiger partial charge >= 0.3 is 0 Å². The summed E-state index contributed by atoms with van der Waals surface area (Å²) in [6.07, 6.45) is 5.23. The molecule has 1 fully saturated rings. The Labute approximate surface area is 117 Å². The van der Waals surface area contributed by atoms with E-state index in [1.54, 1.807) is 7.11 Å². The second-order valence-corrected chi connectivity index (χ2v) is 6.01. The van der Waals surface area contributed by atoms with Crippen molar-refractivity contribution in [1.29, 1.82) is 0 Å². The minimum absolute atomic E-state index is 0.600. The van der Waals surface area contributed by atoms with E-state index in [2.05, 4.69) is 31.3 Å². The predicted molar refractivity (Wildman–Crippen MR) is 80.7 cm³/mol. The molecule has 1 aliphatic carbocycles. The Morgan fingerprint density at radius 3 is 2.47 bits per heavy atom. The summed E-state index contributed by atoms with van der Waals surface area (Å²) in [6, 6.07) is 9.02. The number of rotatable bonds is 8. The Bertz CT molecular complexity index is 369. The van der Waals surface area contributed by atoms with Crippen molar-refractivity contribution in [1.82, 2.24) is 5.32 Å². The van der Waals surface area contributed by atoms with Crippen molar-refractivity contribution in [3.63, 3.8) is 0 Å². The van der Waals surface area contributed by atoms with Crippen molar-refractivity contribution < 1.29 is 4.74 Å². The Balaban J connectivity index is 1.65. The fraction of sp³-hybridized carbons (Fsp3) is 0.647. The highest BCUT2D eigenvalue weighted by Gasteiger charge is 2.27. The van der Waals surface area contributed by atoms with Gasteiger partial charge in [-0.25, -0.2) is 0 Å². The molecule has 19 heavy (non-hydrogen) atoms. The molecule has 0 heterocycles. The first-order valence-electron chi connectivity index (χ1n) is 7.55. The smallest absolute Gasteiger partial charge is 0.118 e. The van der Waals surface area contributed by atoms with Crippen LogP contribution in [0.5, 0.6) is 5.75 Å². The van der Waals surface area contributed by atoms with E-state index in [-0.39, 0.29) is 0 Å². The van der Waals surface area contributed by atoms with Crippen molar-refractivity contribution in [2.24, 2.45) is 11.8 Å². The number of ether oxygens (including phenoxy) is 1. The van der Waals surface area contributed by atoms with Gasteiger partial charge in [-0.05, 0) is 68.7 Å². The second-order valence-electron chi connectivity index (χ2n) is 6.01. The average Bonchev–Trinajstić information content (AvgIpc) is 3.27. The number of methoxy groups -OCH3 is 1. The van der Waals surface area contributed by atoms with Gasteiger partial charge in [0, 0.05) is 6.04 Å². The summed E-state index contributed by atoms with van der Waals surface area (Å²) < 4.78 is 5.18. The van der Waals surface area contributed by atoms with Crippen LogP contribution in [0.1, 0.15) is 38.7 Å². The summed E-state index contributed by atoms with van der Waals surface area (Å²) in [5.74, 6) is 2.79. The molecule has 1 N–H and O–H groups in total. The van der Waals surface area contributed by atoms with Crippen LogP contribution in [0.4, 0.5) is 0 Å². The van der Waals surface area contributed by atoms with Crippen molar-refractivity contribution in [2.75, 3.05) is 13.7 Å². The van der Waals surface area contributed by atoms with Crippen LogP contribution >= 0.6 is 0 Å². The lowest BCUT2D eigenvalue weighted by molar-refractivity contribution is 0.413. The Hall–Kier alpha value is -1.02. The maximum atomic E-state index is 5.18. The van der Waals surface area contributed by atoms with Gasteiger partial charge in [0.15, 0.2) is 0 Å². The van der Waals surface area contributed by atoms with Crippen molar-refractivity contribution in [3.8, 4) is 5.75 Å². The SMILES string of the molecule is COc1ccc(CCC(C)NCC(C)C2CC2)cc1. The minimum atomic E-state index is 0.600. The first-order chi connectivity index (χ1) is 9.19. The minimum Gasteiger partial charge on any atom is -0.497 e. The van der Waals surface area contributed by atoms with E-state index >= 15 is 0 Å². The molecule has 2 unspecified atom stereocenters. The molecule has 2 heteroatoms. The third-order valence-corrected chi connectivity index (χ3v) is 4.24. The maximum absolute atomic E-state index is 5.18. The number of aryl methyl sites for hydroxylation is 1. The van der Waals surface area contributed by atoms with E-state index in [1.165, 1.54) is 31.4 Å². The van der Waals surface area contributed by atoms with E-state index in [1.807, 2.05) is 12.1 Å². The standard InChI is InChI=1S/C17H27NO/c1-13(16-8-9-16)12-18-14(2)4-5-15-6-10-17(19-3)11-7-15/h6-7,10-11,13-14,16,18H,4-5,8-9,12H2,1-3H3. The molecule has 0 radical (unpaired) electrons. The third-order valence-electron chi connectivity index (χ3n) is 4.24. The number of hydrogen-bond donors (Lipinski definition) is 1. The van der Waals surface area contributed by atoms with E-state index < -0.39 is 0 Å². The molecule has 0 bridgehead atoms. The lowest BCUT2D eigenvalue weighted by Crippen LogP contribution is -2.31. The van der Waals surface area contributed by atoms with E-state index in [0.29, 0.717) is 6.04 Å². The van der Waals surface area contributed by atoms with Crippen LogP contribution in [0, 0.1) is 11.8 Å². The van der Waals surface area contributed by atoms with Gasteiger partial charge in [0.25, 0.3) is 0 Å². The van der Waals surface area contributed by atoms with Crippen LogP contribution in [-0.4, -0.2) is 19.7 Å². The van der Waals surface area contributed by atoms with Crippen molar-refractivity contribution in [2.45, 2.75) is 45.6 Å². The highest BCUT2D eigenvalue weighted by Crippen LogP contribution is 2.36. The number of hydrogen-bond acceptors (Lipinski definition) is 2. The quantitative estimate of drug-likeness (QED) is 0.771. The predicted octanol–water partition coefficient (Wildman–Crippen LogP) is 3.65. The highest BCUT2D eigenvalue weighted by molar-refractivity contribution is 5.27. The molecular weight excluding hydrogens is 234 g/mol. The normalized spacial score (nSPS) is 18.1. The van der Waals surface area contributed by atoms with Gasteiger partial charge in [-0.2, -0.15) is 0 Å². The number of nitrogens with one attached hydrogen (secondary N) is 1. The molecule has 1 saturated carbocycles. The Morgan fingerprint density at radius 2 is 1.89 bits per heavy atom. The zero-order valence-corrected chi connectivity index (χ0v) is 12.5. The molecular formula is C17H27NO. The fourth-order valence-corrected chi connectivity index (χ4v) is 2.50. The monoisotopic (exact) mass is 261 g/mol. The summed E-state index contributed by atoms with van der Waals surface area (Å²) in [7, 11) is 1.71. The summed E-state index contributed by atoms with van der Waals surface area (Å²) in [4.78, 5) is 0. The van der Waals surface area contributed by atoms with Gasteiger partial charge < -0.3 is 10.1 Å². The second kappa shape index (κ2) is 6.95. The van der Waals surface area contributed by atoms with Crippen LogP contribution in [0.2, 0.25) is 0 Å². The Kier molecular flexibility index (Phi) is 5.26. The Morgan fingerprint density at radius 1 is 1.21 bits per heavy atom. The fourth-order valence-electron chi connectivity index (χ4n) is 2.50. The molecule has 2 rings (SSSR count). The molecule has 0 aromatic heterocycles. The first-order valence-corrected chi connectivity index (χ1v) is 7.55. The molecule has 2 nitrogen and oxygen atoms in total. The largest absolute Gasteiger partial charge is 0.497 e. The van der Waals surface area contributed by atoms with Gasteiger partial charge in [-0.15, -0.1) is 0 Å². The van der Waals surface area contributed by atoms with Gasteiger partial charge in [-0.3, -0.25) is 0 Å². The van der Waals surface area contributed by atoms with Crippen LogP contribution in [-0.2, 0) is 6.42 Å². The highest BCUT2D eigenvalue weighted by atomic mass is 16.5. The van der Waals surface area contributed by atoms with Gasteiger partial charge in [0.1, 0.15) is 5.75 Å². The van der Waals surface area contributed by atoms with Crippen LogP contribution in [0.15, 0.2) is 24.3 Å². The zero-order valence-electron chi connectivity index (χ0n) is 12.5. The topological polar surface area (TPSA) is 21.3 Å². The molecule has 0 saturated heterocycles. The van der Waals surface area contributed by atoms with Gasteiger partial charge in [-0.1, -0.05) is 19.1 Å². The maximum Gasteiger partial charge on any atom is 0.118 e. The van der Waals surface area contributed by atoms with Gasteiger partial charge in [0.05, 0.1) is 7.11 Å². The lowest BCUT2D eigenvalue weighted by atomic mass is 10.0. The average molecular weight is 261 g/mol. The number of benzene rings is 1. The molecule has 2 atom stereocenters. The molecule has 1 aromatic rings. The lowest BCUT2D eigenvalue weighted by Gasteiger charge is -2.17. The van der Waals surface area contributed by atoms with Crippen molar-refractivity contribution >= 4 is 0 Å². The van der Waals surface area contributed by atoms with Gasteiger partial charge in [0.2, 0.25) is 0 Å². The summed E-state index contributed by atoms with van der Waals surface area (Å²) >= 11 is 0. The van der Waals surface area contributed by atoms with E-state index in [9.17, 15) is 0 Å². The molecule has 1 aromatic carbocycles. The molecule has 106 valence electrons.